The largest absolute Gasteiger partial charge is 0.508 e. The second-order valence-corrected chi connectivity index (χ2v) is 1.70. The van der Waals surface area contributed by atoms with E-state index in [9.17, 15) is 0 Å². The van der Waals surface area contributed by atoms with E-state index in [0.29, 0.717) is 5.75 Å². The number of hydrogen-bond donors (Lipinski definition) is 1. The van der Waals surface area contributed by atoms with Gasteiger partial charge in [-0.05, 0) is 12.1 Å². The first-order chi connectivity index (χ1) is 4.33. The Kier molecular flexibility index (Phi) is 4.66. The normalized spacial score (nSPS) is 8.10. The van der Waals surface area contributed by atoms with Crippen molar-refractivity contribution in [2.75, 3.05) is 7.11 Å². The van der Waals surface area contributed by atoms with Crippen LogP contribution in [0, 0.1) is 0 Å². The zero-order chi connectivity index (χ0) is 6.69. The van der Waals surface area contributed by atoms with Crippen LogP contribution >= 0.6 is 0 Å². The van der Waals surface area contributed by atoms with E-state index in [1.807, 2.05) is 0 Å². The van der Waals surface area contributed by atoms with Crippen LogP contribution in [0.5, 0.6) is 11.5 Å². The van der Waals surface area contributed by atoms with Gasteiger partial charge in [-0.1, -0.05) is 6.07 Å². The van der Waals surface area contributed by atoms with Crippen molar-refractivity contribution in [2.24, 2.45) is 0 Å². The molecule has 0 saturated heterocycles. The SMILES string of the molecule is COc1cccc(O)c1.[Y]. The Morgan fingerprint density at radius 2 is 2.10 bits per heavy atom. The minimum absolute atomic E-state index is 0. The summed E-state index contributed by atoms with van der Waals surface area (Å²) in [5.41, 5.74) is 0. The number of benzene rings is 1. The molecule has 0 fully saturated rings. The second-order valence-electron chi connectivity index (χ2n) is 1.70. The molecule has 0 aromatic heterocycles. The molecule has 0 aliphatic heterocycles. The van der Waals surface area contributed by atoms with Crippen LogP contribution in [-0.4, -0.2) is 12.2 Å². The molecule has 1 N–H and O–H groups in total. The maximum atomic E-state index is 8.86. The van der Waals surface area contributed by atoms with Gasteiger partial charge in [0, 0.05) is 38.8 Å². The Bertz CT molecular complexity index is 201. The number of rotatable bonds is 1. The summed E-state index contributed by atoms with van der Waals surface area (Å²) in [6.07, 6.45) is 0. The van der Waals surface area contributed by atoms with E-state index < -0.39 is 0 Å². The summed E-state index contributed by atoms with van der Waals surface area (Å²) >= 11 is 0. The molecule has 0 unspecified atom stereocenters. The molecular weight excluding hydrogens is 205 g/mol. The van der Waals surface area contributed by atoms with Gasteiger partial charge in [0.25, 0.3) is 0 Å². The molecule has 0 bridgehead atoms. The maximum absolute atomic E-state index is 8.86. The molecule has 0 atom stereocenters. The fourth-order valence-corrected chi connectivity index (χ4v) is 0.610. The van der Waals surface area contributed by atoms with Gasteiger partial charge in [-0.25, -0.2) is 0 Å². The van der Waals surface area contributed by atoms with Crippen molar-refractivity contribution in [3.8, 4) is 11.5 Å². The van der Waals surface area contributed by atoms with Crippen molar-refractivity contribution < 1.29 is 42.6 Å². The van der Waals surface area contributed by atoms with Crippen LogP contribution in [0.3, 0.4) is 0 Å². The quantitative estimate of drug-likeness (QED) is 0.763. The molecule has 51 valence electrons. The summed E-state index contributed by atoms with van der Waals surface area (Å²) in [6.45, 7) is 0. The molecule has 1 radical (unpaired) electrons. The smallest absolute Gasteiger partial charge is 0.122 e. The van der Waals surface area contributed by atoms with Crippen LogP contribution < -0.4 is 4.74 Å². The Hall–Kier alpha value is -0.0761. The summed E-state index contributed by atoms with van der Waals surface area (Å²) in [7, 11) is 1.56. The van der Waals surface area contributed by atoms with E-state index in [4.69, 9.17) is 9.84 Å². The molecule has 0 spiro atoms. The fourth-order valence-electron chi connectivity index (χ4n) is 0.610. The van der Waals surface area contributed by atoms with E-state index in [2.05, 4.69) is 0 Å². The molecule has 3 heteroatoms. The Morgan fingerprint density at radius 3 is 2.50 bits per heavy atom. The summed E-state index contributed by atoms with van der Waals surface area (Å²) in [4.78, 5) is 0. The van der Waals surface area contributed by atoms with Gasteiger partial charge in [-0.15, -0.1) is 0 Å². The topological polar surface area (TPSA) is 29.5 Å². The van der Waals surface area contributed by atoms with Crippen molar-refractivity contribution in [1.29, 1.82) is 0 Å². The molecule has 0 amide bonds. The van der Waals surface area contributed by atoms with E-state index >= 15 is 0 Å². The Balaban J connectivity index is 0.000000810. The first kappa shape index (κ1) is 9.92. The number of aromatic hydroxyl groups is 1. The molecule has 1 aromatic carbocycles. The average molecular weight is 213 g/mol. The van der Waals surface area contributed by atoms with Crippen molar-refractivity contribution in [3.05, 3.63) is 24.3 Å². The molecule has 1 rings (SSSR count). The fraction of sp³-hybridized carbons (Fsp3) is 0.143. The van der Waals surface area contributed by atoms with Gasteiger partial charge in [0.1, 0.15) is 11.5 Å². The molecule has 2 nitrogen and oxygen atoms in total. The summed E-state index contributed by atoms with van der Waals surface area (Å²) < 4.78 is 4.84. The summed E-state index contributed by atoms with van der Waals surface area (Å²) in [5.74, 6) is 0.907. The van der Waals surface area contributed by atoms with Crippen LogP contribution in [0.1, 0.15) is 0 Å². The van der Waals surface area contributed by atoms with Gasteiger partial charge in [0.05, 0.1) is 7.11 Å². The monoisotopic (exact) mass is 213 g/mol. The zero-order valence-electron chi connectivity index (χ0n) is 5.74. The van der Waals surface area contributed by atoms with Gasteiger partial charge in [0.2, 0.25) is 0 Å². The van der Waals surface area contributed by atoms with Crippen molar-refractivity contribution in [3.63, 3.8) is 0 Å². The van der Waals surface area contributed by atoms with Gasteiger partial charge in [0.15, 0.2) is 0 Å². The number of methoxy groups -OCH3 is 1. The van der Waals surface area contributed by atoms with Crippen LogP contribution in [0.25, 0.3) is 0 Å². The average Bonchev–Trinajstić information content (AvgIpc) is 1.88. The van der Waals surface area contributed by atoms with Gasteiger partial charge >= 0.3 is 0 Å². The molecule has 1 aromatic rings. The molecular formula is C7H8O2Y. The third-order valence-corrected chi connectivity index (χ3v) is 1.05. The maximum Gasteiger partial charge on any atom is 0.122 e. The predicted octanol–water partition coefficient (Wildman–Crippen LogP) is 1.40. The van der Waals surface area contributed by atoms with Crippen molar-refractivity contribution >= 4 is 0 Å². The van der Waals surface area contributed by atoms with Gasteiger partial charge in [-0.3, -0.25) is 0 Å². The van der Waals surface area contributed by atoms with E-state index in [0.717, 1.165) is 0 Å². The van der Waals surface area contributed by atoms with Gasteiger partial charge in [-0.2, -0.15) is 0 Å². The third kappa shape index (κ3) is 2.67. The Labute approximate surface area is 85.1 Å². The van der Waals surface area contributed by atoms with Crippen LogP contribution in [0.2, 0.25) is 0 Å². The zero-order valence-corrected chi connectivity index (χ0v) is 8.58. The van der Waals surface area contributed by atoms with Gasteiger partial charge < -0.3 is 9.84 Å². The van der Waals surface area contributed by atoms with E-state index in [-0.39, 0.29) is 38.5 Å². The predicted molar refractivity (Wildman–Crippen MR) is 34.7 cm³/mol. The second kappa shape index (κ2) is 4.70. The minimum atomic E-state index is 0. The van der Waals surface area contributed by atoms with Crippen LogP contribution in [-0.2, 0) is 32.7 Å². The summed E-state index contributed by atoms with van der Waals surface area (Å²) in [5, 5.41) is 8.86. The number of phenols is 1. The van der Waals surface area contributed by atoms with Crippen molar-refractivity contribution in [1.82, 2.24) is 0 Å². The molecule has 0 saturated carbocycles. The minimum Gasteiger partial charge on any atom is -0.508 e. The first-order valence-electron chi connectivity index (χ1n) is 2.66. The van der Waals surface area contributed by atoms with E-state index in [1.165, 1.54) is 0 Å². The third-order valence-electron chi connectivity index (χ3n) is 1.05. The van der Waals surface area contributed by atoms with Crippen molar-refractivity contribution in [2.45, 2.75) is 0 Å². The number of hydrogen-bond acceptors (Lipinski definition) is 2. The Morgan fingerprint density at radius 1 is 1.40 bits per heavy atom. The molecule has 0 aliphatic rings. The standard InChI is InChI=1S/C7H8O2.Y/c1-9-7-4-2-3-6(8)5-7;/h2-5,8H,1H3;. The number of phenolic OH excluding ortho intramolecular Hbond substituents is 1. The number of ether oxygens (including phenoxy) is 1. The molecule has 0 aliphatic carbocycles. The molecule has 10 heavy (non-hydrogen) atoms. The van der Waals surface area contributed by atoms with E-state index in [1.54, 1.807) is 31.4 Å². The summed E-state index contributed by atoms with van der Waals surface area (Å²) in [6, 6.07) is 6.66. The first-order valence-corrected chi connectivity index (χ1v) is 2.66. The van der Waals surface area contributed by atoms with Crippen LogP contribution in [0.4, 0.5) is 0 Å². The van der Waals surface area contributed by atoms with Crippen LogP contribution in [0.15, 0.2) is 24.3 Å². The molecule has 0 heterocycles.